The SMILES string of the molecule is CC1CN(S(=O)(=O)c2c(F)cc(F)cc2Br)CC1N(C)C. The Morgan fingerprint density at radius 2 is 1.90 bits per heavy atom. The maximum atomic E-state index is 13.9. The average molecular weight is 383 g/mol. The summed E-state index contributed by atoms with van der Waals surface area (Å²) in [7, 11) is -0.237. The highest BCUT2D eigenvalue weighted by Gasteiger charge is 2.40. The van der Waals surface area contributed by atoms with Gasteiger partial charge < -0.3 is 4.90 Å². The molecule has 0 aliphatic carbocycles. The van der Waals surface area contributed by atoms with Gasteiger partial charge in [0.2, 0.25) is 10.0 Å². The molecule has 4 nitrogen and oxygen atoms in total. The van der Waals surface area contributed by atoms with Gasteiger partial charge in [-0.1, -0.05) is 6.92 Å². The zero-order chi connectivity index (χ0) is 15.9. The first-order chi connectivity index (χ1) is 9.64. The van der Waals surface area contributed by atoms with Crippen LogP contribution in [0.4, 0.5) is 8.78 Å². The van der Waals surface area contributed by atoms with Crippen LogP contribution in [0.3, 0.4) is 0 Å². The van der Waals surface area contributed by atoms with Gasteiger partial charge in [0.1, 0.15) is 16.5 Å². The van der Waals surface area contributed by atoms with E-state index >= 15 is 0 Å². The molecule has 0 bridgehead atoms. The van der Waals surface area contributed by atoms with Crippen LogP contribution in [0.25, 0.3) is 0 Å². The zero-order valence-corrected chi connectivity index (χ0v) is 14.4. The Morgan fingerprint density at radius 3 is 2.38 bits per heavy atom. The van der Waals surface area contributed by atoms with Gasteiger partial charge in [-0.05, 0) is 42.0 Å². The summed E-state index contributed by atoms with van der Waals surface area (Å²) < 4.78 is 53.4. The van der Waals surface area contributed by atoms with Gasteiger partial charge in [0, 0.05) is 29.7 Å². The molecular formula is C13H17BrF2N2O2S. The third-order valence-electron chi connectivity index (χ3n) is 3.76. The first-order valence-electron chi connectivity index (χ1n) is 6.45. The smallest absolute Gasteiger partial charge is 0.247 e. The summed E-state index contributed by atoms with van der Waals surface area (Å²) in [6.07, 6.45) is 0. The predicted molar refractivity (Wildman–Crippen MR) is 79.5 cm³/mol. The minimum absolute atomic E-state index is 0.0714. The van der Waals surface area contributed by atoms with Gasteiger partial charge in [0.05, 0.1) is 0 Å². The Bertz CT molecular complexity index is 629. The minimum Gasteiger partial charge on any atom is -0.305 e. The van der Waals surface area contributed by atoms with Crippen molar-refractivity contribution in [1.29, 1.82) is 0 Å². The molecule has 1 aliphatic rings. The van der Waals surface area contributed by atoms with Crippen molar-refractivity contribution < 1.29 is 17.2 Å². The summed E-state index contributed by atoms with van der Waals surface area (Å²) in [5, 5.41) is 0. The molecule has 1 fully saturated rings. The van der Waals surface area contributed by atoms with Gasteiger partial charge in [-0.25, -0.2) is 17.2 Å². The summed E-state index contributed by atoms with van der Waals surface area (Å²) in [6.45, 7) is 2.56. The van der Waals surface area contributed by atoms with Crippen LogP contribution < -0.4 is 0 Å². The molecule has 1 aliphatic heterocycles. The lowest BCUT2D eigenvalue weighted by Gasteiger charge is -2.22. The summed E-state index contributed by atoms with van der Waals surface area (Å²) in [4.78, 5) is 1.45. The molecule has 21 heavy (non-hydrogen) atoms. The highest BCUT2D eigenvalue weighted by molar-refractivity contribution is 9.10. The molecule has 1 aromatic rings. The van der Waals surface area contributed by atoms with Crippen molar-refractivity contribution in [3.63, 3.8) is 0 Å². The fraction of sp³-hybridized carbons (Fsp3) is 0.538. The van der Waals surface area contributed by atoms with Crippen molar-refractivity contribution in [2.24, 2.45) is 5.92 Å². The fourth-order valence-electron chi connectivity index (χ4n) is 2.68. The Kier molecular flexibility index (Phi) is 4.72. The molecule has 0 radical (unpaired) electrons. The molecule has 2 unspecified atom stereocenters. The topological polar surface area (TPSA) is 40.6 Å². The van der Waals surface area contributed by atoms with E-state index in [1.807, 2.05) is 25.9 Å². The van der Waals surface area contributed by atoms with Gasteiger partial charge in [-0.15, -0.1) is 0 Å². The van der Waals surface area contributed by atoms with E-state index in [2.05, 4.69) is 15.9 Å². The average Bonchev–Trinajstić information content (AvgIpc) is 2.70. The largest absolute Gasteiger partial charge is 0.305 e. The van der Waals surface area contributed by atoms with Crippen LogP contribution >= 0.6 is 15.9 Å². The first kappa shape index (κ1) is 16.8. The number of halogens is 3. The van der Waals surface area contributed by atoms with E-state index in [1.54, 1.807) is 0 Å². The van der Waals surface area contributed by atoms with Crippen LogP contribution in [0.1, 0.15) is 6.92 Å². The van der Waals surface area contributed by atoms with Crippen LogP contribution in [0.15, 0.2) is 21.5 Å². The number of benzene rings is 1. The number of rotatable bonds is 3. The molecule has 8 heteroatoms. The van der Waals surface area contributed by atoms with E-state index in [-0.39, 0.29) is 16.4 Å². The monoisotopic (exact) mass is 382 g/mol. The number of likely N-dealkylation sites (N-methyl/N-ethyl adjacent to an activating group) is 1. The van der Waals surface area contributed by atoms with Gasteiger partial charge in [0.15, 0.2) is 0 Å². The van der Waals surface area contributed by atoms with Gasteiger partial charge in [0.25, 0.3) is 0 Å². The van der Waals surface area contributed by atoms with Crippen LogP contribution in [0.2, 0.25) is 0 Å². The van der Waals surface area contributed by atoms with Crippen molar-refractivity contribution >= 4 is 26.0 Å². The third kappa shape index (κ3) is 3.13. The molecular weight excluding hydrogens is 366 g/mol. The van der Waals surface area contributed by atoms with Crippen LogP contribution in [0.5, 0.6) is 0 Å². The van der Waals surface area contributed by atoms with E-state index in [9.17, 15) is 17.2 Å². The van der Waals surface area contributed by atoms with Crippen molar-refractivity contribution in [2.45, 2.75) is 17.9 Å². The van der Waals surface area contributed by atoms with Crippen LogP contribution in [-0.4, -0.2) is 50.8 Å². The van der Waals surface area contributed by atoms with Crippen molar-refractivity contribution in [3.05, 3.63) is 28.2 Å². The summed E-state index contributed by atoms with van der Waals surface area (Å²) in [6, 6.07) is 1.61. The molecule has 0 amide bonds. The van der Waals surface area contributed by atoms with Gasteiger partial charge in [-0.2, -0.15) is 4.31 Å². The first-order valence-corrected chi connectivity index (χ1v) is 8.69. The lowest BCUT2D eigenvalue weighted by atomic mass is 10.1. The second-order valence-corrected chi connectivity index (χ2v) is 8.26. The van der Waals surface area contributed by atoms with Gasteiger partial charge >= 0.3 is 0 Å². The molecule has 1 heterocycles. The van der Waals surface area contributed by atoms with Crippen molar-refractivity contribution in [3.8, 4) is 0 Å². The van der Waals surface area contributed by atoms with Gasteiger partial charge in [-0.3, -0.25) is 0 Å². The highest BCUT2D eigenvalue weighted by Crippen LogP contribution is 2.32. The molecule has 0 spiro atoms. The van der Waals surface area contributed by atoms with Crippen LogP contribution in [0, 0.1) is 17.6 Å². The number of sulfonamides is 1. The van der Waals surface area contributed by atoms with Crippen molar-refractivity contribution in [2.75, 3.05) is 27.2 Å². The summed E-state index contributed by atoms with van der Waals surface area (Å²) >= 11 is 2.94. The molecule has 2 atom stereocenters. The van der Waals surface area contributed by atoms with E-state index in [0.717, 1.165) is 6.07 Å². The summed E-state index contributed by atoms with van der Waals surface area (Å²) in [5.41, 5.74) is 0. The van der Waals surface area contributed by atoms with Crippen molar-refractivity contribution in [1.82, 2.24) is 9.21 Å². The van der Waals surface area contributed by atoms with E-state index in [4.69, 9.17) is 0 Å². The van der Waals surface area contributed by atoms with E-state index in [1.165, 1.54) is 4.31 Å². The Morgan fingerprint density at radius 1 is 1.29 bits per heavy atom. The lowest BCUT2D eigenvalue weighted by Crippen LogP contribution is -2.36. The molecule has 0 aromatic heterocycles. The lowest BCUT2D eigenvalue weighted by molar-refractivity contribution is 0.263. The zero-order valence-electron chi connectivity index (χ0n) is 12.0. The maximum Gasteiger partial charge on any atom is 0.247 e. The molecule has 118 valence electrons. The fourth-order valence-corrected chi connectivity index (χ4v) is 5.35. The third-order valence-corrected chi connectivity index (χ3v) is 6.56. The normalized spacial score (nSPS) is 24.0. The molecule has 1 aromatic carbocycles. The minimum atomic E-state index is -4.00. The Balaban J connectivity index is 2.41. The molecule has 0 saturated carbocycles. The number of hydrogen-bond donors (Lipinski definition) is 0. The van der Waals surface area contributed by atoms with Crippen LogP contribution in [-0.2, 0) is 10.0 Å². The van der Waals surface area contributed by atoms with E-state index < -0.39 is 26.6 Å². The predicted octanol–water partition coefficient (Wildman–Crippen LogP) is 2.30. The molecule has 0 N–H and O–H groups in total. The quantitative estimate of drug-likeness (QED) is 0.805. The van der Waals surface area contributed by atoms with E-state index in [0.29, 0.717) is 19.2 Å². The summed E-state index contributed by atoms with van der Waals surface area (Å²) in [5.74, 6) is -1.76. The Hall–Kier alpha value is -0.570. The standard InChI is InChI=1S/C13H17BrF2N2O2S/c1-8-6-18(7-12(8)17(2)3)21(19,20)13-10(14)4-9(15)5-11(13)16/h4-5,8,12H,6-7H2,1-3H3. The maximum absolute atomic E-state index is 13.9. The Labute approximate surface area is 131 Å². The second-order valence-electron chi connectivity index (χ2n) is 5.53. The number of nitrogens with zero attached hydrogens (tertiary/aromatic N) is 2. The number of hydrogen-bond acceptors (Lipinski definition) is 3. The molecule has 2 rings (SSSR count). The second kappa shape index (κ2) is 5.91. The highest BCUT2D eigenvalue weighted by atomic mass is 79.9. The molecule has 1 saturated heterocycles.